The molecule has 3 heteroatoms. The average Bonchev–Trinajstić information content (AvgIpc) is 2.45. The SMILES string of the molecule is CNc1ccc(C(=O)NCC2(C)CCCCC2)c(C)c1. The van der Waals surface area contributed by atoms with Crippen LogP contribution >= 0.6 is 0 Å². The fourth-order valence-electron chi connectivity index (χ4n) is 3.04. The maximum Gasteiger partial charge on any atom is 0.251 e. The van der Waals surface area contributed by atoms with Crippen LogP contribution in [0.3, 0.4) is 0 Å². The fraction of sp³-hybridized carbons (Fsp3) is 0.588. The van der Waals surface area contributed by atoms with Crippen molar-refractivity contribution in [3.8, 4) is 0 Å². The number of rotatable bonds is 4. The van der Waals surface area contributed by atoms with E-state index >= 15 is 0 Å². The van der Waals surface area contributed by atoms with Crippen LogP contribution in [-0.4, -0.2) is 19.5 Å². The molecule has 20 heavy (non-hydrogen) atoms. The lowest BCUT2D eigenvalue weighted by Gasteiger charge is -2.33. The van der Waals surface area contributed by atoms with Crippen LogP contribution in [-0.2, 0) is 0 Å². The standard InChI is InChI=1S/C17H26N2O/c1-13-11-14(18-3)7-8-15(13)16(20)19-12-17(2)9-5-4-6-10-17/h7-8,11,18H,4-6,9-10,12H2,1-3H3,(H,19,20). The zero-order valence-electron chi connectivity index (χ0n) is 12.9. The monoisotopic (exact) mass is 274 g/mol. The summed E-state index contributed by atoms with van der Waals surface area (Å²) in [7, 11) is 1.89. The lowest BCUT2D eigenvalue weighted by Crippen LogP contribution is -2.37. The zero-order chi connectivity index (χ0) is 14.6. The minimum Gasteiger partial charge on any atom is -0.388 e. The first kappa shape index (κ1) is 14.9. The van der Waals surface area contributed by atoms with Crippen LogP contribution < -0.4 is 10.6 Å². The van der Waals surface area contributed by atoms with Gasteiger partial charge >= 0.3 is 0 Å². The van der Waals surface area contributed by atoms with E-state index in [2.05, 4.69) is 17.6 Å². The second-order valence-electron chi connectivity index (χ2n) is 6.33. The summed E-state index contributed by atoms with van der Waals surface area (Å²) in [5.74, 6) is 0.0527. The third-order valence-electron chi connectivity index (χ3n) is 4.50. The van der Waals surface area contributed by atoms with Crippen LogP contribution in [0.1, 0.15) is 54.9 Å². The Morgan fingerprint density at radius 3 is 2.55 bits per heavy atom. The van der Waals surface area contributed by atoms with Crippen molar-refractivity contribution in [3.05, 3.63) is 29.3 Å². The largest absolute Gasteiger partial charge is 0.388 e. The number of aryl methyl sites for hydroxylation is 1. The van der Waals surface area contributed by atoms with E-state index in [1.54, 1.807) is 0 Å². The Morgan fingerprint density at radius 1 is 1.25 bits per heavy atom. The van der Waals surface area contributed by atoms with Crippen LogP contribution in [0.4, 0.5) is 5.69 Å². The first-order valence-electron chi connectivity index (χ1n) is 7.61. The van der Waals surface area contributed by atoms with E-state index in [0.29, 0.717) is 0 Å². The summed E-state index contributed by atoms with van der Waals surface area (Å²) in [6.45, 7) is 5.07. The summed E-state index contributed by atoms with van der Waals surface area (Å²) in [6.07, 6.45) is 6.38. The topological polar surface area (TPSA) is 41.1 Å². The molecule has 1 fully saturated rings. The van der Waals surface area contributed by atoms with E-state index in [9.17, 15) is 4.79 Å². The van der Waals surface area contributed by atoms with Crippen LogP contribution in [0, 0.1) is 12.3 Å². The van der Waals surface area contributed by atoms with Crippen molar-refractivity contribution in [1.29, 1.82) is 0 Å². The van der Waals surface area contributed by atoms with Crippen molar-refractivity contribution in [1.82, 2.24) is 5.32 Å². The van der Waals surface area contributed by atoms with E-state index in [-0.39, 0.29) is 11.3 Å². The van der Waals surface area contributed by atoms with Gasteiger partial charge in [-0.05, 0) is 48.9 Å². The molecule has 1 aliphatic rings. The smallest absolute Gasteiger partial charge is 0.251 e. The van der Waals surface area contributed by atoms with Crippen molar-refractivity contribution in [2.24, 2.45) is 5.41 Å². The summed E-state index contributed by atoms with van der Waals surface area (Å²) in [5, 5.41) is 6.22. The van der Waals surface area contributed by atoms with Crippen molar-refractivity contribution in [3.63, 3.8) is 0 Å². The molecule has 2 N–H and O–H groups in total. The first-order valence-corrected chi connectivity index (χ1v) is 7.61. The summed E-state index contributed by atoms with van der Waals surface area (Å²) < 4.78 is 0. The molecule has 2 rings (SSSR count). The second kappa shape index (κ2) is 6.29. The predicted molar refractivity (Wildman–Crippen MR) is 84.3 cm³/mol. The Bertz CT molecular complexity index is 476. The number of nitrogens with one attached hydrogen (secondary N) is 2. The van der Waals surface area contributed by atoms with Gasteiger partial charge in [0.15, 0.2) is 0 Å². The van der Waals surface area contributed by atoms with Gasteiger partial charge in [-0.3, -0.25) is 4.79 Å². The van der Waals surface area contributed by atoms with Gasteiger partial charge in [-0.25, -0.2) is 0 Å². The van der Waals surface area contributed by atoms with Gasteiger partial charge in [-0.15, -0.1) is 0 Å². The molecular formula is C17H26N2O. The predicted octanol–water partition coefficient (Wildman–Crippen LogP) is 3.74. The van der Waals surface area contributed by atoms with Gasteiger partial charge in [0.05, 0.1) is 0 Å². The lowest BCUT2D eigenvalue weighted by molar-refractivity contribution is 0.0918. The fourth-order valence-corrected chi connectivity index (χ4v) is 3.04. The molecule has 1 amide bonds. The molecule has 1 aromatic carbocycles. The molecule has 0 spiro atoms. The zero-order valence-corrected chi connectivity index (χ0v) is 12.9. The molecule has 0 unspecified atom stereocenters. The van der Waals surface area contributed by atoms with Crippen LogP contribution in [0.15, 0.2) is 18.2 Å². The highest BCUT2D eigenvalue weighted by Gasteiger charge is 2.27. The summed E-state index contributed by atoms with van der Waals surface area (Å²) in [6, 6.07) is 5.86. The van der Waals surface area contributed by atoms with E-state index in [4.69, 9.17) is 0 Å². The van der Waals surface area contributed by atoms with Gasteiger partial charge in [0.2, 0.25) is 0 Å². The molecule has 0 bridgehead atoms. The summed E-state index contributed by atoms with van der Waals surface area (Å²) in [4.78, 5) is 12.3. The Balaban J connectivity index is 1.98. The quantitative estimate of drug-likeness (QED) is 0.878. The normalized spacial score (nSPS) is 17.6. The van der Waals surface area contributed by atoms with Gasteiger partial charge < -0.3 is 10.6 Å². The van der Waals surface area contributed by atoms with Gasteiger partial charge in [-0.1, -0.05) is 26.2 Å². The maximum atomic E-state index is 12.3. The molecule has 0 radical (unpaired) electrons. The minimum atomic E-state index is 0.0527. The maximum absolute atomic E-state index is 12.3. The van der Waals surface area contributed by atoms with Gasteiger partial charge in [0.25, 0.3) is 5.91 Å². The molecule has 1 saturated carbocycles. The number of amides is 1. The van der Waals surface area contributed by atoms with Gasteiger partial charge in [0, 0.05) is 24.8 Å². The Hall–Kier alpha value is -1.51. The van der Waals surface area contributed by atoms with Crippen molar-refractivity contribution >= 4 is 11.6 Å². The van der Waals surface area contributed by atoms with Crippen LogP contribution in [0.5, 0.6) is 0 Å². The van der Waals surface area contributed by atoms with Crippen molar-refractivity contribution in [2.45, 2.75) is 46.0 Å². The molecule has 0 saturated heterocycles. The number of carbonyl (C=O) groups excluding carboxylic acids is 1. The highest BCUT2D eigenvalue weighted by atomic mass is 16.1. The summed E-state index contributed by atoms with van der Waals surface area (Å²) in [5.41, 5.74) is 3.12. The van der Waals surface area contributed by atoms with E-state index in [1.165, 1.54) is 32.1 Å². The second-order valence-corrected chi connectivity index (χ2v) is 6.33. The van der Waals surface area contributed by atoms with Crippen LogP contribution in [0.25, 0.3) is 0 Å². The van der Waals surface area contributed by atoms with E-state index in [0.717, 1.165) is 23.4 Å². The third kappa shape index (κ3) is 3.53. The number of benzene rings is 1. The first-order chi connectivity index (χ1) is 9.54. The average molecular weight is 274 g/mol. The molecule has 0 aromatic heterocycles. The molecule has 0 heterocycles. The number of anilines is 1. The van der Waals surface area contributed by atoms with Crippen LogP contribution in [0.2, 0.25) is 0 Å². The Labute approximate surface area is 122 Å². The highest BCUT2D eigenvalue weighted by Crippen LogP contribution is 2.35. The van der Waals surface area contributed by atoms with Gasteiger partial charge in [-0.2, -0.15) is 0 Å². The molecular weight excluding hydrogens is 248 g/mol. The number of hydrogen-bond donors (Lipinski definition) is 2. The number of hydrogen-bond acceptors (Lipinski definition) is 2. The Kier molecular flexibility index (Phi) is 4.69. The molecule has 0 atom stereocenters. The van der Waals surface area contributed by atoms with Crippen molar-refractivity contribution < 1.29 is 4.79 Å². The minimum absolute atomic E-state index is 0.0527. The lowest BCUT2D eigenvalue weighted by atomic mass is 9.76. The van der Waals surface area contributed by atoms with Gasteiger partial charge in [0.1, 0.15) is 0 Å². The summed E-state index contributed by atoms with van der Waals surface area (Å²) >= 11 is 0. The molecule has 1 aliphatic carbocycles. The highest BCUT2D eigenvalue weighted by molar-refractivity contribution is 5.96. The third-order valence-corrected chi connectivity index (χ3v) is 4.50. The molecule has 1 aromatic rings. The Morgan fingerprint density at radius 2 is 1.95 bits per heavy atom. The van der Waals surface area contributed by atoms with E-state index in [1.807, 2.05) is 32.2 Å². The molecule has 3 nitrogen and oxygen atoms in total. The molecule has 0 aliphatic heterocycles. The van der Waals surface area contributed by atoms with Crippen molar-refractivity contribution in [2.75, 3.05) is 18.9 Å². The molecule has 110 valence electrons. The number of carbonyl (C=O) groups is 1. The van der Waals surface area contributed by atoms with E-state index < -0.39 is 0 Å².